The van der Waals surface area contributed by atoms with Crippen molar-refractivity contribution in [3.8, 4) is 0 Å². The fraction of sp³-hybridized carbons (Fsp3) is 1.00. The average Bonchev–Trinajstić information content (AvgIpc) is 3.11. The fourth-order valence-electron chi connectivity index (χ4n) is 5.09. The summed E-state index contributed by atoms with van der Waals surface area (Å²) in [7, 11) is -0.664. The SMILES string of the molecule is CCC1COC(C)(C)O1.CC[N+](C)(C)CS(=O)(=O)[O-].C[C@H]1CC2CCC1(C)C2(C)C. The molecule has 0 amide bonds. The summed E-state index contributed by atoms with van der Waals surface area (Å²) in [6, 6.07) is 0. The van der Waals surface area contributed by atoms with Crippen LogP contribution >= 0.6 is 0 Å². The topological polar surface area (TPSA) is 75.7 Å². The smallest absolute Gasteiger partial charge is 0.168 e. The predicted octanol–water partition coefficient (Wildman–Crippen LogP) is 4.60. The zero-order chi connectivity index (χ0) is 23.6. The Morgan fingerprint density at radius 2 is 1.67 bits per heavy atom. The molecule has 7 heteroatoms. The summed E-state index contributed by atoms with van der Waals surface area (Å²) in [6.07, 6.45) is 5.83. The molecule has 2 saturated carbocycles. The van der Waals surface area contributed by atoms with Gasteiger partial charge in [-0.1, -0.05) is 34.6 Å². The van der Waals surface area contributed by atoms with Gasteiger partial charge in [-0.3, -0.25) is 0 Å². The van der Waals surface area contributed by atoms with Gasteiger partial charge in [-0.15, -0.1) is 0 Å². The molecule has 2 aliphatic carbocycles. The molecule has 0 aromatic carbocycles. The van der Waals surface area contributed by atoms with Gasteiger partial charge >= 0.3 is 0 Å². The van der Waals surface area contributed by atoms with E-state index in [0.717, 1.165) is 24.9 Å². The Kier molecular flexibility index (Phi) is 9.03. The zero-order valence-corrected chi connectivity index (χ0v) is 21.9. The molecular formula is C23H47NO5S. The van der Waals surface area contributed by atoms with Crippen molar-refractivity contribution in [2.45, 2.75) is 93.0 Å². The van der Waals surface area contributed by atoms with E-state index in [1.54, 1.807) is 14.1 Å². The standard InChI is InChI=1S/C11H20.C7H14O2.C5H13NO3S/c1-8-7-9-5-6-11(8,4)10(9,2)3;1-4-6-5-8-7(2,3)9-6;1-4-6(2,3)5-10(7,8)9/h8-9H,5-7H2,1-4H3;6H,4-5H2,1-3H3;4-5H2,1-3H3/t8-,9?,11?;;/m0../s1. The highest BCUT2D eigenvalue weighted by Crippen LogP contribution is 2.67. The molecular weight excluding hydrogens is 402 g/mol. The van der Waals surface area contributed by atoms with Gasteiger partial charge in [-0.2, -0.15) is 0 Å². The Morgan fingerprint density at radius 3 is 1.83 bits per heavy atom. The lowest BCUT2D eigenvalue weighted by Gasteiger charge is -2.37. The first-order valence-electron chi connectivity index (χ1n) is 11.5. The van der Waals surface area contributed by atoms with E-state index in [9.17, 15) is 13.0 Å². The van der Waals surface area contributed by atoms with Crippen molar-refractivity contribution in [2.75, 3.05) is 33.1 Å². The number of quaternary nitrogens is 1. The minimum Gasteiger partial charge on any atom is -0.744 e. The van der Waals surface area contributed by atoms with Crippen LogP contribution < -0.4 is 0 Å². The van der Waals surface area contributed by atoms with Crippen molar-refractivity contribution < 1.29 is 26.9 Å². The molecule has 180 valence electrons. The molecule has 3 rings (SSSR count). The van der Waals surface area contributed by atoms with Crippen LogP contribution in [-0.2, 0) is 19.6 Å². The van der Waals surface area contributed by atoms with E-state index in [0.29, 0.717) is 23.5 Å². The molecule has 1 saturated heterocycles. The second kappa shape index (κ2) is 9.74. The molecule has 3 aliphatic rings. The summed E-state index contributed by atoms with van der Waals surface area (Å²) in [6.45, 7) is 19.1. The van der Waals surface area contributed by atoms with Crippen LogP contribution in [0.3, 0.4) is 0 Å². The van der Waals surface area contributed by atoms with E-state index in [2.05, 4.69) is 34.6 Å². The highest BCUT2D eigenvalue weighted by Gasteiger charge is 2.59. The molecule has 1 heterocycles. The molecule has 0 radical (unpaired) electrons. The van der Waals surface area contributed by atoms with E-state index < -0.39 is 10.1 Å². The fourth-order valence-corrected chi connectivity index (χ4v) is 6.13. The lowest BCUT2D eigenvalue weighted by atomic mass is 9.67. The van der Waals surface area contributed by atoms with E-state index in [1.165, 1.54) is 19.3 Å². The molecule has 4 atom stereocenters. The van der Waals surface area contributed by atoms with Crippen LogP contribution in [0.2, 0.25) is 0 Å². The lowest BCUT2D eigenvalue weighted by molar-refractivity contribution is -0.876. The van der Waals surface area contributed by atoms with Crippen LogP contribution in [0.4, 0.5) is 0 Å². The van der Waals surface area contributed by atoms with Crippen LogP contribution in [0.15, 0.2) is 0 Å². The minimum atomic E-state index is -4.07. The quantitative estimate of drug-likeness (QED) is 0.463. The third-order valence-electron chi connectivity index (χ3n) is 8.12. The molecule has 0 aromatic rings. The monoisotopic (exact) mass is 449 g/mol. The second-order valence-corrected chi connectivity index (χ2v) is 12.7. The van der Waals surface area contributed by atoms with Crippen molar-refractivity contribution >= 4 is 10.1 Å². The third kappa shape index (κ3) is 7.16. The Balaban J connectivity index is 0.000000227. The first-order chi connectivity index (χ1) is 13.4. The number of rotatable bonds is 4. The van der Waals surface area contributed by atoms with Crippen molar-refractivity contribution in [2.24, 2.45) is 22.7 Å². The highest BCUT2D eigenvalue weighted by atomic mass is 32.2. The maximum Gasteiger partial charge on any atom is 0.168 e. The number of fused-ring (bicyclic) bond motifs is 2. The Bertz CT molecular complexity index is 659. The molecule has 30 heavy (non-hydrogen) atoms. The summed E-state index contributed by atoms with van der Waals surface area (Å²) in [4.78, 5) is 0. The van der Waals surface area contributed by atoms with Crippen molar-refractivity contribution in [1.82, 2.24) is 0 Å². The van der Waals surface area contributed by atoms with E-state index in [1.807, 2.05) is 20.8 Å². The number of nitrogens with zero attached hydrogens (tertiary/aromatic N) is 1. The maximum absolute atomic E-state index is 10.2. The van der Waals surface area contributed by atoms with Gasteiger partial charge in [-0.05, 0) is 69.1 Å². The van der Waals surface area contributed by atoms with Crippen molar-refractivity contribution in [3.05, 3.63) is 0 Å². The lowest BCUT2D eigenvalue weighted by Crippen LogP contribution is -2.43. The third-order valence-corrected chi connectivity index (χ3v) is 9.13. The van der Waals surface area contributed by atoms with Crippen LogP contribution in [0.1, 0.15) is 81.1 Å². The first kappa shape index (κ1) is 27.8. The Hall–Kier alpha value is -0.210. The zero-order valence-electron chi connectivity index (χ0n) is 21.1. The van der Waals surface area contributed by atoms with Gasteiger partial charge in [-0.25, -0.2) is 8.42 Å². The van der Waals surface area contributed by atoms with Gasteiger partial charge in [0, 0.05) is 0 Å². The van der Waals surface area contributed by atoms with E-state index in [4.69, 9.17) is 9.47 Å². The van der Waals surface area contributed by atoms with Gasteiger partial charge in [0.05, 0.1) is 33.4 Å². The molecule has 3 fully saturated rings. The Labute approximate surface area is 186 Å². The van der Waals surface area contributed by atoms with Crippen LogP contribution in [-0.4, -0.2) is 62.5 Å². The molecule has 0 spiro atoms. The predicted molar refractivity (Wildman–Crippen MR) is 121 cm³/mol. The second-order valence-electron chi connectivity index (χ2n) is 11.3. The normalized spacial score (nSPS) is 34.0. The van der Waals surface area contributed by atoms with Crippen LogP contribution in [0.25, 0.3) is 0 Å². The summed E-state index contributed by atoms with van der Waals surface area (Å²) in [5.74, 6) is 1.34. The average molecular weight is 450 g/mol. The summed E-state index contributed by atoms with van der Waals surface area (Å²) in [5, 5.41) is 0. The minimum absolute atomic E-state index is 0.228. The van der Waals surface area contributed by atoms with Crippen molar-refractivity contribution in [1.29, 1.82) is 0 Å². The number of hydrogen-bond donors (Lipinski definition) is 0. The summed E-state index contributed by atoms with van der Waals surface area (Å²) < 4.78 is 41.7. The van der Waals surface area contributed by atoms with Crippen molar-refractivity contribution in [3.63, 3.8) is 0 Å². The van der Waals surface area contributed by atoms with E-state index in [-0.39, 0.29) is 16.1 Å². The molecule has 0 aromatic heterocycles. The van der Waals surface area contributed by atoms with Gasteiger partial charge in [0.2, 0.25) is 0 Å². The maximum atomic E-state index is 10.2. The molecule has 2 bridgehead atoms. The first-order valence-corrected chi connectivity index (χ1v) is 13.0. The highest BCUT2D eigenvalue weighted by molar-refractivity contribution is 7.85. The molecule has 3 unspecified atom stereocenters. The van der Waals surface area contributed by atoms with Crippen LogP contribution in [0, 0.1) is 22.7 Å². The largest absolute Gasteiger partial charge is 0.744 e. The summed E-state index contributed by atoms with van der Waals surface area (Å²) in [5.41, 5.74) is 1.30. The van der Waals surface area contributed by atoms with Gasteiger partial charge < -0.3 is 18.5 Å². The molecule has 1 aliphatic heterocycles. The van der Waals surface area contributed by atoms with Gasteiger partial charge in [0.25, 0.3) is 0 Å². The van der Waals surface area contributed by atoms with Gasteiger partial charge in [0.1, 0.15) is 10.1 Å². The molecule has 0 N–H and O–H groups in total. The molecule has 6 nitrogen and oxygen atoms in total. The van der Waals surface area contributed by atoms with Crippen LogP contribution in [0.5, 0.6) is 0 Å². The number of ether oxygens (including phenoxy) is 2. The van der Waals surface area contributed by atoms with Gasteiger partial charge in [0.15, 0.2) is 11.7 Å². The number of hydrogen-bond acceptors (Lipinski definition) is 5. The van der Waals surface area contributed by atoms with E-state index >= 15 is 0 Å². The summed E-state index contributed by atoms with van der Waals surface area (Å²) >= 11 is 0. The Morgan fingerprint density at radius 1 is 1.10 bits per heavy atom.